The van der Waals surface area contributed by atoms with E-state index in [2.05, 4.69) is 4.98 Å². The average Bonchev–Trinajstić information content (AvgIpc) is 2.14. The molecule has 0 N–H and O–H groups in total. The van der Waals surface area contributed by atoms with E-state index >= 15 is 0 Å². The van der Waals surface area contributed by atoms with Gasteiger partial charge < -0.3 is 4.42 Å². The van der Waals surface area contributed by atoms with Gasteiger partial charge >= 0.3 is 0 Å². The first-order valence-corrected chi connectivity index (χ1v) is 3.40. The van der Waals surface area contributed by atoms with E-state index in [9.17, 15) is 4.79 Å². The predicted octanol–water partition coefficient (Wildman–Crippen LogP) is 1.48. The maximum absolute atomic E-state index is 10.5. The van der Waals surface area contributed by atoms with E-state index in [-0.39, 0.29) is 5.78 Å². The van der Waals surface area contributed by atoms with Crippen LogP contribution in [0.15, 0.2) is 10.7 Å². The zero-order valence-electron chi connectivity index (χ0n) is 4.72. The second kappa shape index (κ2) is 2.47. The number of oxazole rings is 1. The van der Waals surface area contributed by atoms with Crippen LogP contribution in [0.25, 0.3) is 0 Å². The summed E-state index contributed by atoms with van der Waals surface area (Å²) in [7, 11) is 0. The van der Waals surface area contributed by atoms with Gasteiger partial charge in [-0.3, -0.25) is 4.79 Å². The summed E-state index contributed by atoms with van der Waals surface area (Å²) in [6.45, 7) is 1.45. The molecule has 1 rings (SSSR count). The Hall–Kier alpha value is -0.390. The van der Waals surface area contributed by atoms with E-state index in [0.717, 1.165) is 0 Å². The first kappa shape index (κ1) is 6.73. The van der Waals surface area contributed by atoms with Crippen molar-refractivity contribution >= 4 is 28.4 Å². The minimum atomic E-state index is -0.0679. The number of hydrogen-bond acceptors (Lipinski definition) is 3. The number of ketones is 1. The van der Waals surface area contributed by atoms with Gasteiger partial charge in [-0.05, 0) is 0 Å². The Bertz CT molecular complexity index is 231. The second-order valence-electron chi connectivity index (χ2n) is 1.54. The summed E-state index contributed by atoms with van der Waals surface area (Å²) in [5, 5.41) is 0. The monoisotopic (exact) mass is 237 g/mol. The number of Topliss-reactive ketones (excluding diaryl/α,β-unsaturated/α-hetero) is 1. The molecule has 0 bridgehead atoms. The molecule has 4 heteroatoms. The SMILES string of the molecule is CC(=O)c1coc(I)n1. The summed E-state index contributed by atoms with van der Waals surface area (Å²) < 4.78 is 5.28. The Morgan fingerprint density at radius 1 is 1.89 bits per heavy atom. The van der Waals surface area contributed by atoms with Crippen molar-refractivity contribution < 1.29 is 9.21 Å². The molecule has 0 spiro atoms. The Labute approximate surface area is 65.6 Å². The summed E-state index contributed by atoms with van der Waals surface area (Å²) in [4.78, 5) is 14.3. The number of aromatic nitrogens is 1. The highest BCUT2D eigenvalue weighted by Gasteiger charge is 2.03. The first-order chi connectivity index (χ1) is 4.20. The fourth-order valence-electron chi connectivity index (χ4n) is 0.414. The third-order valence-corrected chi connectivity index (χ3v) is 1.33. The van der Waals surface area contributed by atoms with Gasteiger partial charge in [0.25, 0.3) is 3.90 Å². The molecule has 0 fully saturated rings. The van der Waals surface area contributed by atoms with Gasteiger partial charge in [-0.15, -0.1) is 0 Å². The minimum absolute atomic E-state index is 0.0679. The lowest BCUT2D eigenvalue weighted by Crippen LogP contribution is -1.90. The van der Waals surface area contributed by atoms with Crippen LogP contribution in [0.3, 0.4) is 0 Å². The van der Waals surface area contributed by atoms with Gasteiger partial charge in [0.1, 0.15) is 12.0 Å². The highest BCUT2D eigenvalue weighted by Crippen LogP contribution is 2.04. The van der Waals surface area contributed by atoms with Crippen LogP contribution < -0.4 is 0 Å². The van der Waals surface area contributed by atoms with Gasteiger partial charge in [0.05, 0.1) is 0 Å². The number of carbonyl (C=O) groups excluding carboxylic acids is 1. The van der Waals surface area contributed by atoms with Crippen LogP contribution in [-0.4, -0.2) is 10.8 Å². The maximum Gasteiger partial charge on any atom is 0.257 e. The Kier molecular flexibility index (Phi) is 1.84. The summed E-state index contributed by atoms with van der Waals surface area (Å²) in [5.41, 5.74) is 0.388. The molecule has 9 heavy (non-hydrogen) atoms. The van der Waals surface area contributed by atoms with Gasteiger partial charge in [0.15, 0.2) is 5.78 Å². The Morgan fingerprint density at radius 2 is 2.56 bits per heavy atom. The van der Waals surface area contributed by atoms with Gasteiger partial charge in [-0.1, -0.05) is 0 Å². The minimum Gasteiger partial charge on any atom is -0.440 e. The molecular formula is C5H4INO2. The van der Waals surface area contributed by atoms with Crippen molar-refractivity contribution in [2.45, 2.75) is 6.92 Å². The third-order valence-electron chi connectivity index (χ3n) is 0.837. The number of halogens is 1. The molecule has 0 atom stereocenters. The standard InChI is InChI=1S/C5H4INO2/c1-3(8)4-2-9-5(6)7-4/h2H,1H3. The highest BCUT2D eigenvalue weighted by atomic mass is 127. The molecule has 0 amide bonds. The van der Waals surface area contributed by atoms with E-state index in [1.807, 2.05) is 22.6 Å². The molecule has 1 aromatic heterocycles. The van der Waals surface area contributed by atoms with Crippen molar-refractivity contribution in [2.24, 2.45) is 0 Å². The molecule has 1 heterocycles. The first-order valence-electron chi connectivity index (χ1n) is 2.32. The average molecular weight is 237 g/mol. The van der Waals surface area contributed by atoms with Gasteiger partial charge in [-0.2, -0.15) is 0 Å². The number of nitrogens with zero attached hydrogens (tertiary/aromatic N) is 1. The topological polar surface area (TPSA) is 43.1 Å². The number of rotatable bonds is 1. The van der Waals surface area contributed by atoms with Crippen LogP contribution in [-0.2, 0) is 0 Å². The number of hydrogen-bond donors (Lipinski definition) is 0. The van der Waals surface area contributed by atoms with Crippen molar-refractivity contribution in [3.8, 4) is 0 Å². The summed E-state index contributed by atoms with van der Waals surface area (Å²) in [6, 6.07) is 0. The van der Waals surface area contributed by atoms with E-state index in [4.69, 9.17) is 4.42 Å². The fraction of sp³-hybridized carbons (Fsp3) is 0.200. The molecule has 48 valence electrons. The molecule has 0 aliphatic heterocycles. The lowest BCUT2D eigenvalue weighted by Gasteiger charge is -1.77. The van der Waals surface area contributed by atoms with Crippen molar-refractivity contribution in [1.29, 1.82) is 0 Å². The smallest absolute Gasteiger partial charge is 0.257 e. The lowest BCUT2D eigenvalue weighted by molar-refractivity contribution is 0.101. The zero-order chi connectivity index (χ0) is 6.85. The van der Waals surface area contributed by atoms with E-state index < -0.39 is 0 Å². The number of carbonyl (C=O) groups is 1. The Balaban J connectivity index is 2.98. The normalized spacial score (nSPS) is 9.56. The summed E-state index contributed by atoms with van der Waals surface area (Å²) >= 11 is 1.90. The van der Waals surface area contributed by atoms with Crippen molar-refractivity contribution in [2.75, 3.05) is 0 Å². The molecular weight excluding hydrogens is 233 g/mol. The van der Waals surface area contributed by atoms with Gasteiger partial charge in [0, 0.05) is 29.5 Å². The molecule has 1 aromatic rings. The molecule has 0 aromatic carbocycles. The van der Waals surface area contributed by atoms with E-state index in [1.54, 1.807) is 0 Å². The molecule has 0 saturated heterocycles. The van der Waals surface area contributed by atoms with Crippen LogP contribution >= 0.6 is 22.6 Å². The van der Waals surface area contributed by atoms with Crippen LogP contribution in [0.2, 0.25) is 0 Å². The van der Waals surface area contributed by atoms with E-state index in [0.29, 0.717) is 9.59 Å². The predicted molar refractivity (Wildman–Crippen MR) is 39.2 cm³/mol. The largest absolute Gasteiger partial charge is 0.440 e. The summed E-state index contributed by atoms with van der Waals surface area (Å²) in [6.07, 6.45) is 1.35. The molecule has 3 nitrogen and oxygen atoms in total. The maximum atomic E-state index is 10.5. The van der Waals surface area contributed by atoms with Crippen LogP contribution in [0, 0.1) is 3.90 Å². The van der Waals surface area contributed by atoms with Gasteiger partial charge in [-0.25, -0.2) is 4.98 Å². The molecule has 0 aliphatic rings. The Morgan fingerprint density at radius 3 is 2.78 bits per heavy atom. The van der Waals surface area contributed by atoms with Crippen molar-refractivity contribution in [1.82, 2.24) is 4.98 Å². The van der Waals surface area contributed by atoms with Crippen LogP contribution in [0.1, 0.15) is 17.4 Å². The van der Waals surface area contributed by atoms with Gasteiger partial charge in [0.2, 0.25) is 0 Å². The van der Waals surface area contributed by atoms with E-state index in [1.165, 1.54) is 13.2 Å². The lowest BCUT2D eigenvalue weighted by atomic mass is 10.4. The van der Waals surface area contributed by atoms with Crippen molar-refractivity contribution in [3.63, 3.8) is 0 Å². The van der Waals surface area contributed by atoms with Crippen molar-refractivity contribution in [3.05, 3.63) is 15.9 Å². The molecule has 0 saturated carbocycles. The highest BCUT2D eigenvalue weighted by molar-refractivity contribution is 14.1. The second-order valence-corrected chi connectivity index (χ2v) is 2.46. The molecule has 0 radical (unpaired) electrons. The molecule has 0 aliphatic carbocycles. The summed E-state index contributed by atoms with van der Waals surface area (Å²) in [5.74, 6) is -0.0679. The van der Waals surface area contributed by atoms with Crippen LogP contribution in [0.5, 0.6) is 0 Å². The zero-order valence-corrected chi connectivity index (χ0v) is 6.88. The quantitative estimate of drug-likeness (QED) is 0.548. The fourth-order valence-corrected chi connectivity index (χ4v) is 0.801. The molecule has 0 unspecified atom stereocenters. The third kappa shape index (κ3) is 1.51. The van der Waals surface area contributed by atoms with Crippen LogP contribution in [0.4, 0.5) is 0 Å².